The highest BCUT2D eigenvalue weighted by Gasteiger charge is 2.52. The zero-order chi connectivity index (χ0) is 18.9. The topological polar surface area (TPSA) is 44.8 Å². The lowest BCUT2D eigenvalue weighted by Crippen LogP contribution is -2.41. The van der Waals surface area contributed by atoms with Crippen LogP contribution in [-0.4, -0.2) is 39.2 Å². The summed E-state index contributed by atoms with van der Waals surface area (Å²) in [6.45, 7) is 8.21. The highest BCUT2D eigenvalue weighted by Crippen LogP contribution is 2.39. The predicted molar refractivity (Wildman–Crippen MR) is 112 cm³/mol. The van der Waals surface area contributed by atoms with E-state index in [4.69, 9.17) is 14.0 Å². The zero-order valence-corrected chi connectivity index (χ0v) is 17.4. The minimum Gasteiger partial charge on any atom is -0.465 e. The lowest BCUT2D eigenvalue weighted by Gasteiger charge is -2.32. The molecule has 0 unspecified atom stereocenters. The highest BCUT2D eigenvalue weighted by atomic mass is 32.1. The smallest absolute Gasteiger partial charge is 0.465 e. The normalized spacial score (nSPS) is 18.7. The maximum absolute atomic E-state index is 12.3. The second-order valence-corrected chi connectivity index (χ2v) is 10.0. The molecule has 4 rings (SSSR count). The van der Waals surface area contributed by atoms with Crippen molar-refractivity contribution in [2.75, 3.05) is 7.11 Å². The summed E-state index contributed by atoms with van der Waals surface area (Å²) in [5.41, 5.74) is -0.141. The summed E-state index contributed by atoms with van der Waals surface area (Å²) in [5.74, 6) is -0.307. The van der Waals surface area contributed by atoms with E-state index in [1.165, 1.54) is 11.9 Å². The number of rotatable bonds is 2. The van der Waals surface area contributed by atoms with Gasteiger partial charge in [-0.1, -0.05) is 0 Å². The van der Waals surface area contributed by atoms with Crippen molar-refractivity contribution in [3.8, 4) is 0 Å². The molecule has 0 N–H and O–H groups in total. The number of benzene rings is 1. The van der Waals surface area contributed by atoms with Gasteiger partial charge in [0.2, 0.25) is 0 Å². The van der Waals surface area contributed by atoms with Gasteiger partial charge in [0.15, 0.2) is 7.85 Å². The van der Waals surface area contributed by atoms with Gasteiger partial charge < -0.3 is 14.0 Å². The number of thiophene rings is 2. The highest BCUT2D eigenvalue weighted by molar-refractivity contribution is 7.34. The molecule has 1 aliphatic rings. The van der Waals surface area contributed by atoms with E-state index in [1.54, 1.807) is 22.7 Å². The fraction of sp³-hybridized carbons (Fsp3) is 0.389. The summed E-state index contributed by atoms with van der Waals surface area (Å²) < 4.78 is 21.8. The Kier molecular flexibility index (Phi) is 4.04. The van der Waals surface area contributed by atoms with Crippen molar-refractivity contribution >= 4 is 73.3 Å². The number of ether oxygens (including phenoxy) is 1. The first-order valence-electron chi connectivity index (χ1n) is 8.53. The predicted octanol–water partition coefficient (Wildman–Crippen LogP) is 2.46. The standard InChI is InChI=1S/C18H20B2O4S2/c1-17(2)18(3,4)24-20(23-17)13-7-9-6-11(16(21)22-5)10-8-12(19)25-15(10)14(9)26-13/h6-8H,19H2,1-5H3. The first-order valence-corrected chi connectivity index (χ1v) is 10.2. The summed E-state index contributed by atoms with van der Waals surface area (Å²) in [4.78, 5) is 12.3. The lowest BCUT2D eigenvalue weighted by molar-refractivity contribution is 0.00578. The monoisotopic (exact) mass is 386 g/mol. The molecule has 134 valence electrons. The van der Waals surface area contributed by atoms with E-state index in [-0.39, 0.29) is 17.2 Å². The molecule has 3 heterocycles. The summed E-state index contributed by atoms with van der Waals surface area (Å²) in [5, 5.41) is 1.98. The van der Waals surface area contributed by atoms with Gasteiger partial charge in [0, 0.05) is 10.2 Å². The van der Waals surface area contributed by atoms with Crippen LogP contribution < -0.4 is 9.55 Å². The molecule has 0 aliphatic carbocycles. The molecule has 0 spiro atoms. The molecule has 3 aromatic rings. The second-order valence-electron chi connectivity index (χ2n) is 7.67. The van der Waals surface area contributed by atoms with Gasteiger partial charge in [-0.25, -0.2) is 4.79 Å². The fourth-order valence-electron chi connectivity index (χ4n) is 3.18. The van der Waals surface area contributed by atoms with E-state index < -0.39 is 7.12 Å². The third kappa shape index (κ3) is 2.62. The third-order valence-corrected chi connectivity index (χ3v) is 7.71. The molecule has 8 heteroatoms. The number of hydrogen-bond acceptors (Lipinski definition) is 6. The third-order valence-electron chi connectivity index (χ3n) is 5.32. The average molecular weight is 386 g/mol. The van der Waals surface area contributed by atoms with Crippen LogP contribution in [0.5, 0.6) is 0 Å². The molecule has 4 nitrogen and oxygen atoms in total. The van der Waals surface area contributed by atoms with Crippen LogP contribution in [0.1, 0.15) is 38.1 Å². The lowest BCUT2D eigenvalue weighted by atomic mass is 9.87. The Morgan fingerprint density at radius 3 is 2.35 bits per heavy atom. The number of methoxy groups -OCH3 is 1. The largest absolute Gasteiger partial charge is 0.505 e. The summed E-state index contributed by atoms with van der Waals surface area (Å²) in [6.07, 6.45) is 0. The van der Waals surface area contributed by atoms with Crippen molar-refractivity contribution in [2.24, 2.45) is 0 Å². The summed E-state index contributed by atoms with van der Waals surface area (Å²) in [7, 11) is 3.08. The van der Waals surface area contributed by atoms with Gasteiger partial charge in [-0.05, 0) is 56.1 Å². The van der Waals surface area contributed by atoms with Crippen LogP contribution in [-0.2, 0) is 14.0 Å². The van der Waals surface area contributed by atoms with Crippen LogP contribution in [0, 0.1) is 0 Å². The molecular weight excluding hydrogens is 366 g/mol. The van der Waals surface area contributed by atoms with Crippen molar-refractivity contribution < 1.29 is 18.8 Å². The van der Waals surface area contributed by atoms with Crippen molar-refractivity contribution in [3.05, 3.63) is 23.8 Å². The molecule has 0 atom stereocenters. The van der Waals surface area contributed by atoms with Crippen LogP contribution in [0.3, 0.4) is 0 Å². The van der Waals surface area contributed by atoms with Gasteiger partial charge in [-0.3, -0.25) is 0 Å². The quantitative estimate of drug-likeness (QED) is 0.502. The Morgan fingerprint density at radius 1 is 1.08 bits per heavy atom. The Bertz CT molecular complexity index is 1020. The molecule has 0 radical (unpaired) electrons. The van der Waals surface area contributed by atoms with Crippen molar-refractivity contribution in [3.63, 3.8) is 0 Å². The van der Waals surface area contributed by atoms with Gasteiger partial charge >= 0.3 is 13.1 Å². The zero-order valence-electron chi connectivity index (χ0n) is 15.8. The Morgan fingerprint density at radius 2 is 1.73 bits per heavy atom. The van der Waals surface area contributed by atoms with Gasteiger partial charge in [0.05, 0.1) is 33.3 Å². The van der Waals surface area contributed by atoms with E-state index in [1.807, 2.05) is 6.07 Å². The maximum atomic E-state index is 12.3. The molecular formula is C18H20B2O4S2. The number of fused-ring (bicyclic) bond motifs is 3. The minimum absolute atomic E-state index is 0.307. The van der Waals surface area contributed by atoms with Crippen molar-refractivity contribution in [2.45, 2.75) is 38.9 Å². The van der Waals surface area contributed by atoms with Crippen molar-refractivity contribution in [1.82, 2.24) is 0 Å². The van der Waals surface area contributed by atoms with Crippen LogP contribution in [0.4, 0.5) is 0 Å². The van der Waals surface area contributed by atoms with E-state index in [0.717, 1.165) is 24.9 Å². The molecule has 2 aromatic heterocycles. The Balaban J connectivity index is 1.88. The molecule has 1 aromatic carbocycles. The van der Waals surface area contributed by atoms with Gasteiger partial charge in [-0.15, -0.1) is 22.7 Å². The molecule has 1 saturated heterocycles. The Labute approximate surface area is 162 Å². The number of hydrogen-bond donors (Lipinski definition) is 0. The van der Waals surface area contributed by atoms with E-state index >= 15 is 0 Å². The molecule has 1 aliphatic heterocycles. The van der Waals surface area contributed by atoms with Crippen LogP contribution in [0.2, 0.25) is 0 Å². The van der Waals surface area contributed by atoms with E-state index in [2.05, 4.69) is 47.7 Å². The first-order chi connectivity index (χ1) is 12.1. The number of carbonyl (C=O) groups excluding carboxylic acids is 1. The van der Waals surface area contributed by atoms with Gasteiger partial charge in [0.1, 0.15) is 0 Å². The van der Waals surface area contributed by atoms with Crippen LogP contribution in [0.25, 0.3) is 20.2 Å². The molecule has 0 bridgehead atoms. The van der Waals surface area contributed by atoms with Gasteiger partial charge in [0.25, 0.3) is 0 Å². The van der Waals surface area contributed by atoms with E-state index in [9.17, 15) is 4.79 Å². The number of esters is 1. The first kappa shape index (κ1) is 18.0. The van der Waals surface area contributed by atoms with Gasteiger partial charge in [-0.2, -0.15) is 0 Å². The van der Waals surface area contributed by atoms with Crippen LogP contribution >= 0.6 is 22.7 Å². The summed E-state index contributed by atoms with van der Waals surface area (Å²) >= 11 is 3.38. The second kappa shape index (κ2) is 5.83. The molecule has 1 fully saturated rings. The minimum atomic E-state index is -0.393. The van der Waals surface area contributed by atoms with Crippen LogP contribution in [0.15, 0.2) is 18.2 Å². The van der Waals surface area contributed by atoms with E-state index in [0.29, 0.717) is 5.56 Å². The average Bonchev–Trinajstić information content (AvgIpc) is 3.19. The number of carbonyl (C=O) groups is 1. The Hall–Kier alpha value is -1.34. The van der Waals surface area contributed by atoms with Crippen molar-refractivity contribution in [1.29, 1.82) is 0 Å². The molecule has 26 heavy (non-hydrogen) atoms. The SMILES string of the molecule is Bc1cc2c(C(=O)OC)cc3cc(B4OC(C)(C)C(C)(C)O4)sc3c2s1. The summed E-state index contributed by atoms with van der Waals surface area (Å²) in [6, 6.07) is 6.05. The fourth-order valence-corrected chi connectivity index (χ4v) is 5.47. The molecule has 0 amide bonds. The maximum Gasteiger partial charge on any atom is 0.505 e. The molecule has 0 saturated carbocycles.